The predicted octanol–water partition coefficient (Wildman–Crippen LogP) is 15.3. The summed E-state index contributed by atoms with van der Waals surface area (Å²) in [5.74, 6) is -0.242. The van der Waals surface area contributed by atoms with Crippen molar-refractivity contribution in [1.82, 2.24) is 5.32 Å². The zero-order valence-corrected chi connectivity index (χ0v) is 43.8. The van der Waals surface area contributed by atoms with Crippen molar-refractivity contribution in [3.8, 4) is 0 Å². The molecule has 0 rings (SSSR count). The predicted molar refractivity (Wildman–Crippen MR) is 279 cm³/mol. The molecule has 0 heterocycles. The molecule has 1 amide bonds. The van der Waals surface area contributed by atoms with Crippen LogP contribution in [0.25, 0.3) is 0 Å². The summed E-state index contributed by atoms with van der Waals surface area (Å²) in [7, 11) is 1.21. The van der Waals surface area contributed by atoms with Gasteiger partial charge >= 0.3 is 0 Å². The van der Waals surface area contributed by atoms with E-state index in [0.717, 1.165) is 64.2 Å². The third-order valence-corrected chi connectivity index (χ3v) is 12.6. The Morgan fingerprint density at radius 1 is 0.554 bits per heavy atom. The Balaban J connectivity index is 4.25. The largest absolute Gasteiger partial charge is 0.756 e. The van der Waals surface area contributed by atoms with Gasteiger partial charge in [0.25, 0.3) is 7.82 Å². The van der Waals surface area contributed by atoms with Gasteiger partial charge in [-0.05, 0) is 77.0 Å². The molecule has 0 spiro atoms. The first kappa shape index (κ1) is 62.9. The number of quaternary nitrogens is 1. The maximum Gasteiger partial charge on any atom is 0.268 e. The molecule has 0 bridgehead atoms. The van der Waals surface area contributed by atoms with Crippen LogP contribution in [0.5, 0.6) is 0 Å². The number of allylic oxidation sites excluding steroid dienone is 11. The lowest BCUT2D eigenvalue weighted by molar-refractivity contribution is -0.870. The SMILES string of the molecule is CC/C=C\C/C=C\C/C=C\CCCCCC(=O)NC(COP(=O)([O-])OCC[N+](C)(C)C)C(O)/C=C/CC/C=C/CC/C=C/CCCCCCCCCCCCCCCCCCCCCC. The number of likely N-dealkylation sites (N-methyl/N-ethyl adjacent to an activating group) is 1. The normalized spacial score (nSPS) is 14.6. The molecule has 0 aliphatic heterocycles. The van der Waals surface area contributed by atoms with Gasteiger partial charge in [0, 0.05) is 6.42 Å². The van der Waals surface area contributed by atoms with Crippen LogP contribution in [0, 0.1) is 0 Å². The van der Waals surface area contributed by atoms with Crippen LogP contribution in [-0.4, -0.2) is 68.5 Å². The molecule has 0 saturated carbocycles. The fourth-order valence-electron chi connectivity index (χ4n) is 7.43. The van der Waals surface area contributed by atoms with E-state index in [2.05, 4.69) is 79.9 Å². The number of aliphatic hydroxyl groups is 1. The van der Waals surface area contributed by atoms with Gasteiger partial charge in [-0.2, -0.15) is 0 Å². The van der Waals surface area contributed by atoms with E-state index in [9.17, 15) is 19.4 Å². The second kappa shape index (κ2) is 47.0. The van der Waals surface area contributed by atoms with Crippen molar-refractivity contribution in [2.24, 2.45) is 0 Å². The summed E-state index contributed by atoms with van der Waals surface area (Å²) in [6, 6.07) is -0.928. The molecule has 0 fully saturated rings. The first-order chi connectivity index (χ1) is 31.5. The number of nitrogens with zero attached hydrogens (tertiary/aromatic N) is 1. The summed E-state index contributed by atoms with van der Waals surface area (Å²) >= 11 is 0. The molecule has 0 aromatic carbocycles. The number of nitrogens with one attached hydrogen (secondary N) is 1. The molecule has 0 aromatic rings. The molecule has 0 saturated heterocycles. The van der Waals surface area contributed by atoms with Crippen LogP contribution >= 0.6 is 7.82 Å². The number of rotatable bonds is 48. The van der Waals surface area contributed by atoms with E-state index in [1.54, 1.807) is 6.08 Å². The van der Waals surface area contributed by atoms with Crippen molar-refractivity contribution in [2.75, 3.05) is 40.9 Å². The summed E-state index contributed by atoms with van der Waals surface area (Å²) in [4.78, 5) is 25.3. The van der Waals surface area contributed by atoms with Crippen LogP contribution in [0.15, 0.2) is 72.9 Å². The molecule has 0 radical (unpaired) electrons. The highest BCUT2D eigenvalue weighted by Crippen LogP contribution is 2.38. The zero-order chi connectivity index (χ0) is 47.8. The minimum absolute atomic E-state index is 0.0181. The lowest BCUT2D eigenvalue weighted by Crippen LogP contribution is -2.45. The first-order valence-corrected chi connectivity index (χ1v) is 28.3. The average Bonchev–Trinajstić information content (AvgIpc) is 3.26. The highest BCUT2D eigenvalue weighted by Gasteiger charge is 2.23. The Labute approximate surface area is 402 Å². The van der Waals surface area contributed by atoms with Crippen LogP contribution in [0.4, 0.5) is 0 Å². The van der Waals surface area contributed by atoms with Crippen molar-refractivity contribution >= 4 is 13.7 Å². The number of hydrogen-bond acceptors (Lipinski definition) is 6. The quantitative estimate of drug-likeness (QED) is 0.0272. The molecule has 2 N–H and O–H groups in total. The number of phosphoric ester groups is 1. The third kappa shape index (κ3) is 49.7. The Kier molecular flexibility index (Phi) is 45.5. The van der Waals surface area contributed by atoms with Gasteiger partial charge < -0.3 is 28.8 Å². The Bertz CT molecular complexity index is 1290. The molecule has 3 unspecified atom stereocenters. The van der Waals surface area contributed by atoms with Gasteiger partial charge in [0.2, 0.25) is 5.91 Å². The Morgan fingerprint density at radius 2 is 0.954 bits per heavy atom. The second-order valence-electron chi connectivity index (χ2n) is 19.2. The van der Waals surface area contributed by atoms with E-state index in [1.807, 2.05) is 27.2 Å². The molecule has 65 heavy (non-hydrogen) atoms. The fourth-order valence-corrected chi connectivity index (χ4v) is 8.16. The topological polar surface area (TPSA) is 108 Å². The number of aliphatic hydroxyl groups excluding tert-OH is 1. The molecule has 378 valence electrons. The van der Waals surface area contributed by atoms with Gasteiger partial charge in [-0.15, -0.1) is 0 Å². The summed E-state index contributed by atoms with van der Waals surface area (Å²) in [6.07, 6.45) is 64.3. The molecular weight excluding hydrogens is 828 g/mol. The molecule has 0 aliphatic rings. The number of carbonyl (C=O) groups excluding carboxylic acids is 1. The van der Waals surface area contributed by atoms with Gasteiger partial charge in [0.15, 0.2) is 0 Å². The van der Waals surface area contributed by atoms with E-state index >= 15 is 0 Å². The Hall–Kier alpha value is -2.06. The van der Waals surface area contributed by atoms with Crippen LogP contribution in [-0.2, 0) is 18.4 Å². The van der Waals surface area contributed by atoms with E-state index in [4.69, 9.17) is 9.05 Å². The number of carbonyl (C=O) groups is 1. The van der Waals surface area contributed by atoms with Crippen molar-refractivity contribution in [3.63, 3.8) is 0 Å². The van der Waals surface area contributed by atoms with Gasteiger partial charge in [0.05, 0.1) is 39.9 Å². The third-order valence-electron chi connectivity index (χ3n) is 11.6. The lowest BCUT2D eigenvalue weighted by atomic mass is 10.0. The summed E-state index contributed by atoms with van der Waals surface area (Å²) in [5, 5.41) is 13.8. The molecule has 3 atom stereocenters. The molecule has 0 aliphatic carbocycles. The maximum absolute atomic E-state index is 12.9. The van der Waals surface area contributed by atoms with E-state index in [1.165, 1.54) is 135 Å². The Morgan fingerprint density at radius 3 is 1.43 bits per heavy atom. The highest BCUT2D eigenvalue weighted by molar-refractivity contribution is 7.45. The standard InChI is InChI=1S/C56H103N2O6P/c1-6-8-10-12-14-16-18-20-21-22-23-24-25-26-27-28-29-30-31-32-33-34-35-36-38-39-41-43-45-47-49-55(59)54(53-64-65(61,62)63-52-51-58(3,4)5)57-56(60)50-48-46-44-42-40-37-19-17-15-13-11-9-7-2/h9,11,15,17,34-35,37,39-41,47,49,54-55,59H,6-8,10,12-14,16,18-33,36,38,42-46,48,50-53H2,1-5H3,(H-,57,60,61,62)/b11-9-,17-15-,35-34+,40-37-,41-39+,49-47+. The van der Waals surface area contributed by atoms with Crippen LogP contribution in [0.3, 0.4) is 0 Å². The van der Waals surface area contributed by atoms with Gasteiger partial charge in [-0.1, -0.05) is 215 Å². The lowest BCUT2D eigenvalue weighted by Gasteiger charge is -2.29. The van der Waals surface area contributed by atoms with Crippen molar-refractivity contribution in [3.05, 3.63) is 72.9 Å². The van der Waals surface area contributed by atoms with Crippen LogP contribution in [0.2, 0.25) is 0 Å². The van der Waals surface area contributed by atoms with Crippen molar-refractivity contribution in [2.45, 2.75) is 238 Å². The summed E-state index contributed by atoms with van der Waals surface area (Å²) < 4.78 is 23.2. The van der Waals surface area contributed by atoms with E-state index < -0.39 is 26.6 Å². The molecular formula is C56H103N2O6P. The van der Waals surface area contributed by atoms with Crippen LogP contribution in [0.1, 0.15) is 226 Å². The second-order valence-corrected chi connectivity index (χ2v) is 20.6. The van der Waals surface area contributed by atoms with Crippen molar-refractivity contribution in [1.29, 1.82) is 0 Å². The highest BCUT2D eigenvalue weighted by atomic mass is 31.2. The fraction of sp³-hybridized carbons (Fsp3) is 0.768. The zero-order valence-electron chi connectivity index (χ0n) is 42.9. The van der Waals surface area contributed by atoms with E-state index in [-0.39, 0.29) is 12.5 Å². The molecule has 8 nitrogen and oxygen atoms in total. The average molecular weight is 931 g/mol. The molecule has 9 heteroatoms. The van der Waals surface area contributed by atoms with Gasteiger partial charge in [-0.25, -0.2) is 0 Å². The van der Waals surface area contributed by atoms with Gasteiger partial charge in [0.1, 0.15) is 13.2 Å². The van der Waals surface area contributed by atoms with Crippen LogP contribution < -0.4 is 10.2 Å². The monoisotopic (exact) mass is 931 g/mol. The summed E-state index contributed by atoms with van der Waals surface area (Å²) in [5.41, 5.74) is 0. The number of phosphoric acid groups is 1. The summed E-state index contributed by atoms with van der Waals surface area (Å²) in [6.45, 7) is 4.48. The maximum atomic E-state index is 12.9. The number of amides is 1. The van der Waals surface area contributed by atoms with Gasteiger partial charge in [-0.3, -0.25) is 9.36 Å². The first-order valence-electron chi connectivity index (χ1n) is 26.8. The number of hydrogen-bond donors (Lipinski definition) is 2. The molecule has 0 aromatic heterocycles. The number of unbranched alkanes of at least 4 members (excludes halogenated alkanes) is 25. The van der Waals surface area contributed by atoms with Crippen molar-refractivity contribution < 1.29 is 32.9 Å². The van der Waals surface area contributed by atoms with E-state index in [0.29, 0.717) is 23.9 Å². The minimum atomic E-state index is -4.62. The minimum Gasteiger partial charge on any atom is -0.756 e. The smallest absolute Gasteiger partial charge is 0.268 e.